The van der Waals surface area contributed by atoms with Gasteiger partial charge in [0.05, 0.1) is 12.1 Å². The molecule has 1 saturated carbocycles. The average molecular weight is 346 g/mol. The third kappa shape index (κ3) is 1.78. The summed E-state index contributed by atoms with van der Waals surface area (Å²) in [6, 6.07) is 6.91. The number of fused-ring (bicyclic) bond motifs is 1. The van der Waals surface area contributed by atoms with Crippen molar-refractivity contribution in [2.75, 3.05) is 13.2 Å². The quantitative estimate of drug-likeness (QED) is 0.823. The van der Waals surface area contributed by atoms with Crippen LogP contribution in [-0.2, 0) is 9.47 Å². The highest BCUT2D eigenvalue weighted by molar-refractivity contribution is 6.00. The first kappa shape index (κ1) is 17.3. The Morgan fingerprint density at radius 1 is 1.20 bits per heavy atom. The molecule has 2 aliphatic rings. The minimum absolute atomic E-state index is 0.121. The fourth-order valence-corrected chi connectivity index (χ4v) is 3.95. The number of nitriles is 2. The Kier molecular flexibility index (Phi) is 3.79. The van der Waals surface area contributed by atoms with Gasteiger partial charge in [-0.3, -0.25) is 0 Å². The van der Waals surface area contributed by atoms with Crippen molar-refractivity contribution in [3.8, 4) is 12.1 Å². The van der Waals surface area contributed by atoms with Crippen LogP contribution in [-0.4, -0.2) is 25.0 Å². The van der Waals surface area contributed by atoms with Crippen molar-refractivity contribution < 1.29 is 18.3 Å². The number of rotatable bonds is 5. The second-order valence-corrected chi connectivity index (χ2v) is 5.88. The second kappa shape index (κ2) is 5.48. The van der Waals surface area contributed by atoms with E-state index in [4.69, 9.17) is 15.2 Å². The molecule has 3 unspecified atom stereocenters. The van der Waals surface area contributed by atoms with Gasteiger partial charge < -0.3 is 15.2 Å². The van der Waals surface area contributed by atoms with Crippen molar-refractivity contribution in [1.82, 2.24) is 0 Å². The number of aliphatic imine (C=N–C) groups is 1. The van der Waals surface area contributed by atoms with Crippen molar-refractivity contribution >= 4 is 5.84 Å². The Hall–Kier alpha value is -2.55. The zero-order chi connectivity index (χ0) is 18.5. The SMILES string of the molecule is CCOC1(OCC)N=C(N)C2(C#N)C(c3cc(F)ccc3F)C12C#N. The molecule has 0 spiro atoms. The van der Waals surface area contributed by atoms with Crippen molar-refractivity contribution in [1.29, 1.82) is 10.5 Å². The molecule has 1 heterocycles. The Morgan fingerprint density at radius 2 is 1.84 bits per heavy atom. The van der Waals surface area contributed by atoms with E-state index in [1.54, 1.807) is 13.8 Å². The largest absolute Gasteiger partial charge is 0.386 e. The fraction of sp³-hybridized carbons (Fsp3) is 0.471. The van der Waals surface area contributed by atoms with E-state index < -0.39 is 34.3 Å². The van der Waals surface area contributed by atoms with E-state index in [1.807, 2.05) is 12.1 Å². The molecule has 1 aliphatic carbocycles. The van der Waals surface area contributed by atoms with E-state index in [0.717, 1.165) is 18.2 Å². The molecule has 1 aromatic carbocycles. The van der Waals surface area contributed by atoms with E-state index in [1.165, 1.54) is 0 Å². The van der Waals surface area contributed by atoms with Gasteiger partial charge in [0, 0.05) is 19.1 Å². The lowest BCUT2D eigenvalue weighted by atomic mass is 9.93. The minimum Gasteiger partial charge on any atom is -0.386 e. The summed E-state index contributed by atoms with van der Waals surface area (Å²) in [5.41, 5.74) is 2.52. The van der Waals surface area contributed by atoms with Crippen LogP contribution in [0.2, 0.25) is 0 Å². The van der Waals surface area contributed by atoms with Gasteiger partial charge in [0.25, 0.3) is 5.91 Å². The summed E-state index contributed by atoms with van der Waals surface area (Å²) in [4.78, 5) is 4.13. The maximum Gasteiger partial charge on any atom is 0.293 e. The molecule has 0 radical (unpaired) electrons. The number of hydrogen-bond acceptors (Lipinski definition) is 6. The van der Waals surface area contributed by atoms with Gasteiger partial charge in [-0.2, -0.15) is 10.5 Å². The third-order valence-electron chi connectivity index (χ3n) is 4.88. The predicted octanol–water partition coefficient (Wildman–Crippen LogP) is 2.18. The number of nitrogens with two attached hydrogens (primary N) is 1. The van der Waals surface area contributed by atoms with Gasteiger partial charge in [0.1, 0.15) is 22.9 Å². The Morgan fingerprint density at radius 3 is 2.36 bits per heavy atom. The molecule has 0 bridgehead atoms. The van der Waals surface area contributed by atoms with E-state index in [-0.39, 0.29) is 24.6 Å². The molecule has 2 N–H and O–H groups in total. The maximum atomic E-state index is 14.4. The highest BCUT2D eigenvalue weighted by Crippen LogP contribution is 2.82. The molecule has 1 aromatic rings. The number of halogens is 2. The van der Waals surface area contributed by atoms with Gasteiger partial charge in [-0.15, -0.1) is 0 Å². The van der Waals surface area contributed by atoms with Gasteiger partial charge >= 0.3 is 0 Å². The van der Waals surface area contributed by atoms with Crippen molar-refractivity contribution in [3.05, 3.63) is 35.4 Å². The number of amidine groups is 1. The van der Waals surface area contributed by atoms with Crippen LogP contribution in [0.5, 0.6) is 0 Å². The third-order valence-corrected chi connectivity index (χ3v) is 4.88. The molecule has 0 saturated heterocycles. The maximum absolute atomic E-state index is 14.4. The van der Waals surface area contributed by atoms with Crippen molar-refractivity contribution in [2.45, 2.75) is 25.7 Å². The zero-order valence-corrected chi connectivity index (χ0v) is 13.7. The molecule has 3 atom stereocenters. The predicted molar refractivity (Wildman–Crippen MR) is 82.8 cm³/mol. The molecule has 8 heteroatoms. The van der Waals surface area contributed by atoms with Gasteiger partial charge in [0.2, 0.25) is 0 Å². The first-order chi connectivity index (χ1) is 11.9. The lowest BCUT2D eigenvalue weighted by molar-refractivity contribution is -0.255. The van der Waals surface area contributed by atoms with Crippen LogP contribution < -0.4 is 5.73 Å². The van der Waals surface area contributed by atoms with E-state index in [9.17, 15) is 19.3 Å². The Labute approximate surface area is 143 Å². The molecule has 1 fully saturated rings. The molecule has 0 amide bonds. The van der Waals surface area contributed by atoms with E-state index in [2.05, 4.69) is 4.99 Å². The fourth-order valence-electron chi connectivity index (χ4n) is 3.95. The summed E-state index contributed by atoms with van der Waals surface area (Å²) in [6.45, 7) is 3.59. The molecule has 25 heavy (non-hydrogen) atoms. The minimum atomic E-state index is -1.84. The number of ether oxygens (including phenoxy) is 2. The van der Waals surface area contributed by atoms with Crippen LogP contribution in [0.4, 0.5) is 8.78 Å². The van der Waals surface area contributed by atoms with Gasteiger partial charge in [-0.25, -0.2) is 13.8 Å². The molecular weight excluding hydrogens is 330 g/mol. The number of nitrogens with zero attached hydrogens (tertiary/aromatic N) is 3. The molecule has 3 rings (SSSR count). The lowest BCUT2D eigenvalue weighted by Gasteiger charge is -2.31. The van der Waals surface area contributed by atoms with Crippen LogP contribution in [0.25, 0.3) is 0 Å². The monoisotopic (exact) mass is 346 g/mol. The first-order valence-corrected chi connectivity index (χ1v) is 7.81. The summed E-state index contributed by atoms with van der Waals surface area (Å²) >= 11 is 0. The number of hydrogen-bond donors (Lipinski definition) is 1. The Bertz CT molecular complexity index is 838. The van der Waals surface area contributed by atoms with Gasteiger partial charge in [-0.05, 0) is 37.6 Å². The van der Waals surface area contributed by atoms with Crippen LogP contribution in [0.1, 0.15) is 25.3 Å². The van der Waals surface area contributed by atoms with E-state index in [0.29, 0.717) is 0 Å². The highest BCUT2D eigenvalue weighted by atomic mass is 19.1. The first-order valence-electron chi connectivity index (χ1n) is 7.81. The second-order valence-electron chi connectivity index (χ2n) is 5.88. The summed E-state index contributed by atoms with van der Waals surface area (Å²) in [7, 11) is 0. The summed E-state index contributed by atoms with van der Waals surface area (Å²) in [5, 5.41) is 19.8. The average Bonchev–Trinajstić information content (AvgIpc) is 3.16. The summed E-state index contributed by atoms with van der Waals surface area (Å²) < 4.78 is 39.3. The van der Waals surface area contributed by atoms with Crippen LogP contribution in [0.15, 0.2) is 23.2 Å². The van der Waals surface area contributed by atoms with Crippen molar-refractivity contribution in [2.24, 2.45) is 21.6 Å². The van der Waals surface area contributed by atoms with Crippen LogP contribution in [0.3, 0.4) is 0 Å². The van der Waals surface area contributed by atoms with Gasteiger partial charge in [0.15, 0.2) is 5.41 Å². The van der Waals surface area contributed by atoms with E-state index >= 15 is 0 Å². The molecule has 6 nitrogen and oxygen atoms in total. The topological polar surface area (TPSA) is 104 Å². The summed E-state index contributed by atoms with van der Waals surface area (Å²) in [5.74, 6) is -4.49. The van der Waals surface area contributed by atoms with Gasteiger partial charge in [-0.1, -0.05) is 0 Å². The standard InChI is InChI=1S/C17H16F2N4O2/c1-3-24-17(25-4-2)16(9-21)13(15(16,8-20)14(22)23-17)11-7-10(18)5-6-12(11)19/h5-7,13H,3-4H2,1-2H3,(H2,22,23). The molecule has 130 valence electrons. The van der Waals surface area contributed by atoms with Crippen LogP contribution >= 0.6 is 0 Å². The van der Waals surface area contributed by atoms with Crippen LogP contribution in [0, 0.1) is 45.1 Å². The number of benzene rings is 1. The van der Waals surface area contributed by atoms with Crippen molar-refractivity contribution in [3.63, 3.8) is 0 Å². The highest BCUT2D eigenvalue weighted by Gasteiger charge is 2.94. The lowest BCUT2D eigenvalue weighted by Crippen LogP contribution is -2.43. The molecule has 1 aliphatic heterocycles. The molecule has 0 aromatic heterocycles. The normalized spacial score (nSPS) is 31.6. The Balaban J connectivity index is 2.27. The zero-order valence-electron chi connectivity index (χ0n) is 13.7. The smallest absolute Gasteiger partial charge is 0.293 e. The summed E-state index contributed by atoms with van der Waals surface area (Å²) in [6.07, 6.45) is 0. The molecular formula is C17H16F2N4O2.